The van der Waals surface area contributed by atoms with Gasteiger partial charge in [-0.25, -0.2) is 0 Å². The standard InChI is InChI=1S/C16H27NO3/c1-17(9-14(19)10-18)15(20)8-16-5-11-2-12(6-16)4-13(3-11)7-16/h11-14,18-19H,2-10H2,1H3/t11?,12?,13?,14-,16?/m1/s1. The number of nitrogens with zero attached hydrogens (tertiary/aromatic N) is 1. The molecule has 4 saturated carbocycles. The molecule has 0 aromatic carbocycles. The van der Waals surface area contributed by atoms with Crippen molar-refractivity contribution in [1.29, 1.82) is 0 Å². The molecule has 4 fully saturated rings. The van der Waals surface area contributed by atoms with E-state index in [2.05, 4.69) is 0 Å². The Morgan fingerprint density at radius 2 is 1.70 bits per heavy atom. The first kappa shape index (κ1) is 14.3. The van der Waals surface area contributed by atoms with Crippen molar-refractivity contribution in [2.24, 2.45) is 23.2 Å². The van der Waals surface area contributed by atoms with E-state index in [0.29, 0.717) is 6.42 Å². The average Bonchev–Trinajstić information content (AvgIpc) is 2.36. The maximum absolute atomic E-state index is 12.4. The Morgan fingerprint density at radius 1 is 1.20 bits per heavy atom. The molecule has 0 unspecified atom stereocenters. The van der Waals surface area contributed by atoms with Crippen LogP contribution in [0.15, 0.2) is 0 Å². The first-order valence-corrected chi connectivity index (χ1v) is 8.02. The Labute approximate surface area is 121 Å². The van der Waals surface area contributed by atoms with Gasteiger partial charge in [0, 0.05) is 20.0 Å². The number of likely N-dealkylation sites (N-methyl/N-ethyl adjacent to an activating group) is 1. The second kappa shape index (κ2) is 5.30. The third kappa shape index (κ3) is 2.73. The van der Waals surface area contributed by atoms with Gasteiger partial charge in [0.1, 0.15) is 0 Å². The number of carbonyl (C=O) groups excluding carboxylic acids is 1. The Morgan fingerprint density at radius 3 is 2.15 bits per heavy atom. The van der Waals surface area contributed by atoms with Crippen molar-refractivity contribution in [2.75, 3.05) is 20.2 Å². The molecule has 0 heterocycles. The smallest absolute Gasteiger partial charge is 0.222 e. The Hall–Kier alpha value is -0.610. The van der Waals surface area contributed by atoms with Crippen LogP contribution in [-0.2, 0) is 4.79 Å². The molecule has 4 aliphatic carbocycles. The van der Waals surface area contributed by atoms with Crippen LogP contribution in [0.4, 0.5) is 0 Å². The van der Waals surface area contributed by atoms with Crippen LogP contribution in [0.3, 0.4) is 0 Å². The van der Waals surface area contributed by atoms with E-state index < -0.39 is 6.10 Å². The number of aliphatic hydroxyl groups is 2. The summed E-state index contributed by atoms with van der Waals surface area (Å²) in [6.45, 7) is -0.0450. The maximum Gasteiger partial charge on any atom is 0.222 e. The zero-order valence-electron chi connectivity index (χ0n) is 12.4. The molecule has 0 saturated heterocycles. The van der Waals surface area contributed by atoms with Crippen molar-refractivity contribution >= 4 is 5.91 Å². The van der Waals surface area contributed by atoms with Crippen molar-refractivity contribution in [2.45, 2.75) is 51.0 Å². The van der Waals surface area contributed by atoms with E-state index in [1.54, 1.807) is 11.9 Å². The van der Waals surface area contributed by atoms with Gasteiger partial charge >= 0.3 is 0 Å². The number of rotatable bonds is 5. The first-order valence-electron chi connectivity index (χ1n) is 8.02. The van der Waals surface area contributed by atoms with Gasteiger partial charge in [-0.15, -0.1) is 0 Å². The molecule has 2 N–H and O–H groups in total. The number of hydrogen-bond donors (Lipinski definition) is 2. The van der Waals surface area contributed by atoms with Gasteiger partial charge < -0.3 is 15.1 Å². The van der Waals surface area contributed by atoms with Crippen LogP contribution in [0.1, 0.15) is 44.9 Å². The summed E-state index contributed by atoms with van der Waals surface area (Å²) in [5, 5.41) is 18.3. The fraction of sp³-hybridized carbons (Fsp3) is 0.938. The van der Waals surface area contributed by atoms with Gasteiger partial charge in [-0.1, -0.05) is 0 Å². The monoisotopic (exact) mass is 281 g/mol. The van der Waals surface area contributed by atoms with E-state index in [-0.39, 0.29) is 24.5 Å². The van der Waals surface area contributed by atoms with E-state index in [1.807, 2.05) is 0 Å². The topological polar surface area (TPSA) is 60.8 Å². The lowest BCUT2D eigenvalue weighted by Gasteiger charge is -2.56. The summed E-state index contributed by atoms with van der Waals surface area (Å²) in [5.74, 6) is 2.73. The van der Waals surface area contributed by atoms with E-state index in [1.165, 1.54) is 38.5 Å². The van der Waals surface area contributed by atoms with Crippen LogP contribution in [-0.4, -0.2) is 47.3 Å². The molecule has 1 amide bonds. The van der Waals surface area contributed by atoms with Crippen LogP contribution in [0.5, 0.6) is 0 Å². The number of aliphatic hydroxyl groups excluding tert-OH is 2. The molecule has 0 radical (unpaired) electrons. The molecule has 20 heavy (non-hydrogen) atoms. The summed E-state index contributed by atoms with van der Waals surface area (Å²) in [7, 11) is 1.74. The molecule has 4 heteroatoms. The van der Waals surface area contributed by atoms with Crippen molar-refractivity contribution in [3.8, 4) is 0 Å². The minimum Gasteiger partial charge on any atom is -0.394 e. The van der Waals surface area contributed by atoms with E-state index >= 15 is 0 Å². The van der Waals surface area contributed by atoms with E-state index in [9.17, 15) is 9.90 Å². The van der Waals surface area contributed by atoms with Crippen molar-refractivity contribution in [1.82, 2.24) is 4.90 Å². The van der Waals surface area contributed by atoms with Gasteiger partial charge in [0.25, 0.3) is 0 Å². The molecular weight excluding hydrogens is 254 g/mol. The van der Waals surface area contributed by atoms with Crippen LogP contribution in [0, 0.1) is 23.2 Å². The van der Waals surface area contributed by atoms with E-state index in [4.69, 9.17) is 5.11 Å². The minimum absolute atomic E-state index is 0.138. The summed E-state index contributed by atoms with van der Waals surface area (Å²) in [4.78, 5) is 14.0. The molecule has 0 aliphatic heterocycles. The normalized spacial score (nSPS) is 39.9. The van der Waals surface area contributed by atoms with Gasteiger partial charge in [0.05, 0.1) is 12.7 Å². The van der Waals surface area contributed by atoms with Crippen molar-refractivity contribution in [3.63, 3.8) is 0 Å². The maximum atomic E-state index is 12.4. The number of amides is 1. The minimum atomic E-state index is -0.819. The van der Waals surface area contributed by atoms with Crippen LogP contribution < -0.4 is 0 Å². The molecule has 4 aliphatic rings. The zero-order chi connectivity index (χ0) is 14.3. The zero-order valence-corrected chi connectivity index (χ0v) is 12.4. The van der Waals surface area contributed by atoms with Crippen LogP contribution in [0.2, 0.25) is 0 Å². The van der Waals surface area contributed by atoms with Crippen LogP contribution in [0.25, 0.3) is 0 Å². The SMILES string of the molecule is CN(C[C@@H](O)CO)C(=O)CC12CC3CC(CC(C3)C1)C2. The largest absolute Gasteiger partial charge is 0.394 e. The lowest BCUT2D eigenvalue weighted by atomic mass is 9.49. The first-order chi connectivity index (χ1) is 9.49. The number of hydrogen-bond acceptors (Lipinski definition) is 3. The highest BCUT2D eigenvalue weighted by molar-refractivity contribution is 5.76. The second-order valence-corrected chi connectivity index (χ2v) is 7.70. The molecule has 4 rings (SSSR count). The lowest BCUT2D eigenvalue weighted by molar-refractivity contribution is -0.139. The van der Waals surface area contributed by atoms with Gasteiger partial charge in [-0.2, -0.15) is 0 Å². The van der Waals surface area contributed by atoms with Gasteiger partial charge in [0.2, 0.25) is 5.91 Å². The molecule has 4 nitrogen and oxygen atoms in total. The molecular formula is C16H27NO3. The quantitative estimate of drug-likeness (QED) is 0.801. The predicted molar refractivity (Wildman–Crippen MR) is 76.0 cm³/mol. The fourth-order valence-electron chi connectivity index (χ4n) is 5.44. The predicted octanol–water partition coefficient (Wildman–Crippen LogP) is 1.40. The highest BCUT2D eigenvalue weighted by Gasteiger charge is 2.51. The van der Waals surface area contributed by atoms with Gasteiger partial charge in [-0.05, 0) is 61.7 Å². The third-order valence-corrected chi connectivity index (χ3v) is 5.81. The van der Waals surface area contributed by atoms with Gasteiger partial charge in [0.15, 0.2) is 0 Å². The number of carbonyl (C=O) groups is 1. The Bertz CT molecular complexity index is 347. The summed E-state index contributed by atoms with van der Waals surface area (Å²) in [5.41, 5.74) is 0.254. The molecule has 0 aromatic rings. The van der Waals surface area contributed by atoms with Crippen molar-refractivity contribution < 1.29 is 15.0 Å². The second-order valence-electron chi connectivity index (χ2n) is 7.70. The van der Waals surface area contributed by atoms with Gasteiger partial charge in [-0.3, -0.25) is 4.79 Å². The fourth-order valence-corrected chi connectivity index (χ4v) is 5.44. The van der Waals surface area contributed by atoms with Crippen molar-refractivity contribution in [3.05, 3.63) is 0 Å². The molecule has 1 atom stereocenters. The summed E-state index contributed by atoms with van der Waals surface area (Å²) >= 11 is 0. The molecule has 0 aromatic heterocycles. The summed E-state index contributed by atoms with van der Waals surface area (Å²) in [6.07, 6.45) is 7.72. The highest BCUT2D eigenvalue weighted by atomic mass is 16.3. The lowest BCUT2D eigenvalue weighted by Crippen LogP contribution is -2.48. The third-order valence-electron chi connectivity index (χ3n) is 5.81. The van der Waals surface area contributed by atoms with E-state index in [0.717, 1.165) is 17.8 Å². The average molecular weight is 281 g/mol. The summed E-state index contributed by atoms with van der Waals surface area (Å²) in [6, 6.07) is 0. The highest BCUT2D eigenvalue weighted by Crippen LogP contribution is 2.61. The Balaban J connectivity index is 1.61. The molecule has 114 valence electrons. The summed E-state index contributed by atoms with van der Waals surface area (Å²) < 4.78 is 0. The molecule has 0 spiro atoms. The molecule has 4 bridgehead atoms. The Kier molecular flexibility index (Phi) is 3.80. The van der Waals surface area contributed by atoms with Crippen LogP contribution >= 0.6 is 0 Å².